The van der Waals surface area contributed by atoms with Crippen LogP contribution >= 0.6 is 7.82 Å². The van der Waals surface area contributed by atoms with Gasteiger partial charge in [0.2, 0.25) is 0 Å². The zero-order chi connectivity index (χ0) is 37.7. The first-order chi connectivity index (χ1) is 24.9. The van der Waals surface area contributed by atoms with Crippen molar-refractivity contribution in [3.63, 3.8) is 0 Å². The maximum atomic E-state index is 12.0. The molecule has 0 saturated heterocycles. The number of phosphoric ester groups is 1. The summed E-state index contributed by atoms with van der Waals surface area (Å²) in [6, 6.07) is 40.5. The van der Waals surface area contributed by atoms with Gasteiger partial charge in [0, 0.05) is 6.42 Å². The molecule has 13 heteroatoms. The highest BCUT2D eigenvalue weighted by molar-refractivity contribution is 7.46. The molecule has 1 unspecified atom stereocenters. The van der Waals surface area contributed by atoms with Crippen LogP contribution in [0.15, 0.2) is 109 Å². The van der Waals surface area contributed by atoms with E-state index >= 15 is 0 Å². The summed E-state index contributed by atoms with van der Waals surface area (Å²) in [5, 5.41) is 53.8. The summed E-state index contributed by atoms with van der Waals surface area (Å²) in [4.78, 5) is 19.5. The predicted molar refractivity (Wildman–Crippen MR) is 185 cm³/mol. The summed E-state index contributed by atoms with van der Waals surface area (Å²) < 4.78 is 29.1. The van der Waals surface area contributed by atoms with Gasteiger partial charge in [-0.25, -0.2) is 4.57 Å². The minimum atomic E-state index is -4.97. The van der Waals surface area contributed by atoms with Gasteiger partial charge in [0.15, 0.2) is 0 Å². The Morgan fingerprint density at radius 1 is 0.538 bits per heavy atom. The molecule has 0 saturated carbocycles. The Balaban J connectivity index is 0.000000521. The lowest BCUT2D eigenvalue weighted by Gasteiger charge is -2.31. The van der Waals surface area contributed by atoms with Crippen LogP contribution in [-0.4, -0.2) is 9.79 Å². The Labute approximate surface area is 299 Å². The lowest BCUT2D eigenvalue weighted by Crippen LogP contribution is -2.27. The molecule has 52 heavy (non-hydrogen) atoms. The average Bonchev–Trinajstić information content (AvgIpc) is 3.14. The van der Waals surface area contributed by atoms with Crippen molar-refractivity contribution in [3.8, 4) is 59.4 Å². The van der Waals surface area contributed by atoms with Crippen LogP contribution in [0.5, 0.6) is 23.0 Å². The molecule has 0 radical (unpaired) electrons. The summed E-state index contributed by atoms with van der Waals surface area (Å²) in [7, 11) is -4.97. The lowest BCUT2D eigenvalue weighted by atomic mass is 9.89. The predicted octanol–water partition coefficient (Wildman–Crippen LogP) is 7.76. The molecule has 5 aromatic carbocycles. The van der Waals surface area contributed by atoms with Crippen LogP contribution in [0.3, 0.4) is 0 Å². The van der Waals surface area contributed by atoms with Gasteiger partial charge in [0.1, 0.15) is 65.0 Å². The molecule has 0 aromatic heterocycles. The van der Waals surface area contributed by atoms with Gasteiger partial charge in [-0.3, -0.25) is 4.52 Å². The average molecular weight is 705 g/mol. The standard InChI is InChI=1S/C31H21N4O6P.C8H4N2/c1-31(41-42(36,37)38,26-5-3-7-28(15-26)40-30-11-9-23(18-33)25(14-30)20-35)16-21-4-2-6-27(12-21)39-29-10-8-22(17-32)24(13-29)19-34;9-5-7-3-1-2-4-8(7)6-10/h2-15H,16H2,1H3,(H2,36,37,38);1-4H. The molecule has 5 rings (SSSR count). The number of hydrogen-bond donors (Lipinski definition) is 2. The van der Waals surface area contributed by atoms with E-state index in [1.165, 1.54) is 37.3 Å². The van der Waals surface area contributed by atoms with Crippen LogP contribution in [0.1, 0.15) is 51.4 Å². The Morgan fingerprint density at radius 2 is 0.962 bits per heavy atom. The summed E-state index contributed by atoms with van der Waals surface area (Å²) in [5.74, 6) is 1.34. The Hall–Kier alpha value is -7.25. The molecule has 0 aliphatic rings. The van der Waals surface area contributed by atoms with E-state index in [2.05, 4.69) is 0 Å². The normalized spacial score (nSPS) is 11.2. The van der Waals surface area contributed by atoms with Crippen molar-refractivity contribution >= 4 is 7.82 Å². The highest BCUT2D eigenvalue weighted by Gasteiger charge is 2.36. The van der Waals surface area contributed by atoms with Crippen LogP contribution in [0, 0.1) is 68.0 Å². The third-order valence-electron chi connectivity index (χ3n) is 7.31. The molecule has 5 aromatic rings. The van der Waals surface area contributed by atoms with Gasteiger partial charge in [-0.1, -0.05) is 36.4 Å². The summed E-state index contributed by atoms with van der Waals surface area (Å²) in [5.41, 5.74) is 1.10. The van der Waals surface area contributed by atoms with Crippen LogP contribution in [0.4, 0.5) is 0 Å². The van der Waals surface area contributed by atoms with E-state index in [0.29, 0.717) is 45.3 Å². The van der Waals surface area contributed by atoms with Gasteiger partial charge in [-0.05, 0) is 90.8 Å². The van der Waals surface area contributed by atoms with Crippen LogP contribution in [0.25, 0.3) is 0 Å². The van der Waals surface area contributed by atoms with E-state index in [-0.39, 0.29) is 28.7 Å². The molecule has 0 aliphatic carbocycles. The van der Waals surface area contributed by atoms with Crippen LogP contribution in [0.2, 0.25) is 0 Å². The maximum Gasteiger partial charge on any atom is 0.470 e. The second kappa shape index (κ2) is 16.9. The van der Waals surface area contributed by atoms with Gasteiger partial charge in [-0.2, -0.15) is 31.6 Å². The fourth-order valence-electron chi connectivity index (χ4n) is 4.95. The first kappa shape index (κ1) is 37.6. The van der Waals surface area contributed by atoms with Crippen molar-refractivity contribution in [2.75, 3.05) is 0 Å². The molecule has 2 N–H and O–H groups in total. The van der Waals surface area contributed by atoms with Gasteiger partial charge in [0.05, 0.1) is 33.4 Å². The highest BCUT2D eigenvalue weighted by atomic mass is 31.2. The summed E-state index contributed by atoms with van der Waals surface area (Å²) >= 11 is 0. The number of benzene rings is 5. The van der Waals surface area contributed by atoms with E-state index < -0.39 is 13.4 Å². The molecule has 0 heterocycles. The zero-order valence-electron chi connectivity index (χ0n) is 27.3. The first-order valence-corrected chi connectivity index (χ1v) is 16.6. The number of rotatable bonds is 9. The second-order valence-electron chi connectivity index (χ2n) is 11.0. The molecular weight excluding hydrogens is 679 g/mol. The fourth-order valence-corrected chi connectivity index (χ4v) is 5.65. The van der Waals surface area contributed by atoms with Crippen molar-refractivity contribution < 1.29 is 28.3 Å². The molecule has 0 aliphatic heterocycles. The Kier molecular flexibility index (Phi) is 12.2. The molecule has 0 spiro atoms. The van der Waals surface area contributed by atoms with E-state index in [4.69, 9.17) is 35.0 Å². The van der Waals surface area contributed by atoms with Gasteiger partial charge in [0.25, 0.3) is 0 Å². The first-order valence-electron chi connectivity index (χ1n) is 15.0. The fraction of sp³-hybridized carbons (Fsp3) is 0.0769. The maximum absolute atomic E-state index is 12.0. The zero-order valence-corrected chi connectivity index (χ0v) is 28.2. The SMILES string of the molecule is CC(Cc1cccc(Oc2ccc(C#N)c(C#N)c2)c1)(OP(=O)(O)O)c1cccc(Oc2ccc(C#N)c(C#N)c2)c1.N#Cc1ccccc1C#N. The molecule has 0 bridgehead atoms. The number of ether oxygens (including phenoxy) is 2. The number of hydrogen-bond acceptors (Lipinski definition) is 10. The molecule has 0 fully saturated rings. The molecular formula is C39H25N6O6P. The largest absolute Gasteiger partial charge is 0.470 e. The topological polar surface area (TPSA) is 228 Å². The van der Waals surface area contributed by atoms with Crippen molar-refractivity contribution in [3.05, 3.63) is 154 Å². The van der Waals surface area contributed by atoms with Gasteiger partial charge < -0.3 is 19.3 Å². The number of phosphoric acid groups is 1. The van der Waals surface area contributed by atoms with Crippen molar-refractivity contribution in [1.29, 1.82) is 31.6 Å². The third kappa shape index (κ3) is 9.90. The quantitative estimate of drug-likeness (QED) is 0.140. The number of nitriles is 6. The molecule has 1 atom stereocenters. The number of nitrogens with zero attached hydrogens (tertiary/aromatic N) is 6. The monoisotopic (exact) mass is 704 g/mol. The minimum absolute atomic E-state index is 0.0189. The summed E-state index contributed by atoms with van der Waals surface area (Å²) in [6.07, 6.45) is 0.0189. The van der Waals surface area contributed by atoms with E-state index in [9.17, 15) is 24.9 Å². The molecule has 252 valence electrons. The van der Waals surface area contributed by atoms with Crippen molar-refractivity contribution in [1.82, 2.24) is 0 Å². The summed E-state index contributed by atoms with van der Waals surface area (Å²) in [6.45, 7) is 1.54. The molecule has 12 nitrogen and oxygen atoms in total. The molecule has 0 amide bonds. The van der Waals surface area contributed by atoms with Gasteiger partial charge in [-0.15, -0.1) is 0 Å². The third-order valence-corrected chi connectivity index (χ3v) is 7.95. The van der Waals surface area contributed by atoms with Crippen molar-refractivity contribution in [2.45, 2.75) is 18.9 Å². The second-order valence-corrected chi connectivity index (χ2v) is 12.2. The Bertz CT molecular complexity index is 2410. The van der Waals surface area contributed by atoms with Crippen molar-refractivity contribution in [2.24, 2.45) is 0 Å². The minimum Gasteiger partial charge on any atom is -0.457 e. The highest BCUT2D eigenvalue weighted by Crippen LogP contribution is 2.47. The van der Waals surface area contributed by atoms with E-state index in [0.717, 1.165) is 0 Å². The van der Waals surface area contributed by atoms with Gasteiger partial charge >= 0.3 is 7.82 Å². The van der Waals surface area contributed by atoms with Crippen LogP contribution < -0.4 is 9.47 Å². The smallest absolute Gasteiger partial charge is 0.457 e. The van der Waals surface area contributed by atoms with E-state index in [1.54, 1.807) is 78.9 Å². The van der Waals surface area contributed by atoms with E-state index in [1.807, 2.05) is 36.4 Å². The Morgan fingerprint density at radius 3 is 1.42 bits per heavy atom. The van der Waals surface area contributed by atoms with Crippen LogP contribution in [-0.2, 0) is 21.1 Å². The lowest BCUT2D eigenvalue weighted by molar-refractivity contribution is 0.0467.